The molecule has 0 N–H and O–H groups in total. The van der Waals surface area contributed by atoms with Gasteiger partial charge in [-0.1, -0.05) is 6.92 Å². The summed E-state index contributed by atoms with van der Waals surface area (Å²) in [5.74, 6) is -0.0592. The fourth-order valence-corrected chi connectivity index (χ4v) is 3.12. The van der Waals surface area contributed by atoms with E-state index in [1.54, 1.807) is 6.07 Å². The first kappa shape index (κ1) is 15.4. The molecule has 22 heavy (non-hydrogen) atoms. The van der Waals surface area contributed by atoms with Gasteiger partial charge in [0.2, 0.25) is 5.28 Å². The molecule has 0 saturated carbocycles. The predicted molar refractivity (Wildman–Crippen MR) is 75.1 cm³/mol. The van der Waals surface area contributed by atoms with E-state index in [0.29, 0.717) is 24.2 Å². The summed E-state index contributed by atoms with van der Waals surface area (Å²) < 4.78 is 48.0. The Morgan fingerprint density at radius 3 is 2.86 bits per heavy atom. The number of hydrogen-bond acceptors (Lipinski definition) is 3. The lowest BCUT2D eigenvalue weighted by Crippen LogP contribution is -2.28. The Morgan fingerprint density at radius 2 is 2.18 bits per heavy atom. The van der Waals surface area contributed by atoms with Crippen molar-refractivity contribution in [2.24, 2.45) is 5.92 Å². The number of aromatic nitrogens is 2. The number of alkyl halides is 3. The molecule has 1 aliphatic heterocycles. The van der Waals surface area contributed by atoms with Gasteiger partial charge in [-0.15, -0.1) is 13.2 Å². The number of nitrogens with zero attached hydrogens (tertiary/aromatic N) is 2. The van der Waals surface area contributed by atoms with Gasteiger partial charge in [0.25, 0.3) is 0 Å². The Morgan fingerprint density at radius 1 is 1.41 bits per heavy atom. The SMILES string of the molecule is C[C@H]1COCC[C@@H]1n1c(Cl)nc2cc(OC(F)(F)F)ccc21. The van der Waals surface area contributed by atoms with E-state index in [2.05, 4.69) is 9.72 Å². The minimum Gasteiger partial charge on any atom is -0.406 e. The Kier molecular flexibility index (Phi) is 3.94. The molecule has 1 saturated heterocycles. The van der Waals surface area contributed by atoms with Crippen LogP contribution in [0.2, 0.25) is 5.28 Å². The van der Waals surface area contributed by atoms with Crippen LogP contribution in [-0.4, -0.2) is 29.1 Å². The van der Waals surface area contributed by atoms with Crippen LogP contribution in [0.25, 0.3) is 11.0 Å². The van der Waals surface area contributed by atoms with Gasteiger partial charge in [0, 0.05) is 24.6 Å². The lowest BCUT2D eigenvalue weighted by Gasteiger charge is -2.30. The van der Waals surface area contributed by atoms with Crippen LogP contribution in [0.4, 0.5) is 13.2 Å². The maximum atomic E-state index is 12.3. The van der Waals surface area contributed by atoms with Gasteiger partial charge in [0.15, 0.2) is 0 Å². The molecule has 1 aliphatic rings. The summed E-state index contributed by atoms with van der Waals surface area (Å²) in [7, 11) is 0. The van der Waals surface area contributed by atoms with E-state index in [0.717, 1.165) is 6.42 Å². The number of fused-ring (bicyclic) bond motifs is 1. The van der Waals surface area contributed by atoms with E-state index in [9.17, 15) is 13.2 Å². The smallest absolute Gasteiger partial charge is 0.406 e. The summed E-state index contributed by atoms with van der Waals surface area (Å²) in [5.41, 5.74) is 1.07. The third-order valence-corrected chi connectivity index (χ3v) is 4.05. The molecule has 0 bridgehead atoms. The Hall–Kier alpha value is -1.47. The van der Waals surface area contributed by atoms with Crippen molar-refractivity contribution in [3.05, 3.63) is 23.5 Å². The molecule has 0 unspecified atom stereocenters. The highest BCUT2D eigenvalue weighted by Crippen LogP contribution is 2.35. The lowest BCUT2D eigenvalue weighted by molar-refractivity contribution is -0.274. The van der Waals surface area contributed by atoms with E-state index >= 15 is 0 Å². The normalized spacial score (nSPS) is 23.0. The molecule has 0 aliphatic carbocycles. The number of ether oxygens (including phenoxy) is 2. The summed E-state index contributed by atoms with van der Waals surface area (Å²) in [6.45, 7) is 3.29. The molecule has 1 aromatic carbocycles. The fourth-order valence-electron chi connectivity index (χ4n) is 2.81. The van der Waals surface area contributed by atoms with Gasteiger partial charge in [0.1, 0.15) is 5.75 Å². The second-order valence-corrected chi connectivity index (χ2v) is 5.70. The molecule has 0 spiro atoms. The second kappa shape index (κ2) is 5.62. The molecule has 3 rings (SSSR count). The lowest BCUT2D eigenvalue weighted by atomic mass is 9.97. The monoisotopic (exact) mass is 334 g/mol. The van der Waals surface area contributed by atoms with E-state index < -0.39 is 6.36 Å². The highest BCUT2D eigenvalue weighted by Gasteiger charge is 2.32. The van der Waals surface area contributed by atoms with Crippen molar-refractivity contribution in [1.82, 2.24) is 9.55 Å². The van der Waals surface area contributed by atoms with Crippen LogP contribution in [0.5, 0.6) is 5.75 Å². The minimum atomic E-state index is -4.73. The Bertz CT molecular complexity index is 687. The topological polar surface area (TPSA) is 36.3 Å². The van der Waals surface area contributed by atoms with E-state index in [4.69, 9.17) is 16.3 Å². The van der Waals surface area contributed by atoms with Crippen molar-refractivity contribution in [3.63, 3.8) is 0 Å². The van der Waals surface area contributed by atoms with Crippen LogP contribution in [-0.2, 0) is 4.74 Å². The summed E-state index contributed by atoms with van der Waals surface area (Å²) in [6.07, 6.45) is -3.94. The van der Waals surface area contributed by atoms with Crippen LogP contribution in [0.3, 0.4) is 0 Å². The summed E-state index contributed by atoms with van der Waals surface area (Å²) in [6, 6.07) is 4.18. The molecular formula is C14H14ClF3N2O2. The first-order chi connectivity index (χ1) is 10.3. The molecule has 1 fully saturated rings. The van der Waals surface area contributed by atoms with Crippen molar-refractivity contribution in [1.29, 1.82) is 0 Å². The van der Waals surface area contributed by atoms with E-state index in [1.807, 2.05) is 11.5 Å². The summed E-state index contributed by atoms with van der Waals surface area (Å²) in [4.78, 5) is 4.15. The average Bonchev–Trinajstić information content (AvgIpc) is 2.73. The molecule has 1 aromatic heterocycles. The molecule has 0 amide bonds. The molecule has 2 atom stereocenters. The molecule has 4 nitrogen and oxygen atoms in total. The highest BCUT2D eigenvalue weighted by molar-refractivity contribution is 6.29. The molecule has 2 aromatic rings. The van der Waals surface area contributed by atoms with Crippen LogP contribution in [0, 0.1) is 5.92 Å². The summed E-state index contributed by atoms with van der Waals surface area (Å²) >= 11 is 6.20. The quantitative estimate of drug-likeness (QED) is 0.826. The third kappa shape index (κ3) is 3.01. The number of halogens is 4. The van der Waals surface area contributed by atoms with Gasteiger partial charge in [-0.2, -0.15) is 0 Å². The van der Waals surface area contributed by atoms with Crippen LogP contribution in [0.15, 0.2) is 18.2 Å². The first-order valence-electron chi connectivity index (χ1n) is 6.86. The standard InChI is InChI=1S/C14H14ClF3N2O2/c1-8-7-21-5-4-11(8)20-12-3-2-9(22-14(16,17)18)6-10(12)19-13(20)15/h2-3,6,8,11H,4-5,7H2,1H3/t8-,11-/m0/s1. The van der Waals surface area contributed by atoms with Crippen molar-refractivity contribution < 1.29 is 22.6 Å². The van der Waals surface area contributed by atoms with Crippen LogP contribution < -0.4 is 4.74 Å². The predicted octanol–water partition coefficient (Wildman–Crippen LogP) is 4.19. The second-order valence-electron chi connectivity index (χ2n) is 5.36. The largest absolute Gasteiger partial charge is 0.573 e. The van der Waals surface area contributed by atoms with Gasteiger partial charge in [-0.05, 0) is 30.2 Å². The number of rotatable bonds is 2. The number of hydrogen-bond donors (Lipinski definition) is 0. The van der Waals surface area contributed by atoms with Gasteiger partial charge >= 0.3 is 6.36 Å². The summed E-state index contributed by atoms with van der Waals surface area (Å²) in [5, 5.41) is 0.262. The van der Waals surface area contributed by atoms with Crippen molar-refractivity contribution in [2.45, 2.75) is 25.7 Å². The molecule has 8 heteroatoms. The molecule has 120 valence electrons. The molecule has 2 heterocycles. The maximum absolute atomic E-state index is 12.3. The van der Waals surface area contributed by atoms with E-state index in [1.165, 1.54) is 12.1 Å². The van der Waals surface area contributed by atoms with E-state index in [-0.39, 0.29) is 23.0 Å². The third-order valence-electron chi connectivity index (χ3n) is 3.78. The maximum Gasteiger partial charge on any atom is 0.573 e. The molecular weight excluding hydrogens is 321 g/mol. The highest BCUT2D eigenvalue weighted by atomic mass is 35.5. The molecule has 0 radical (unpaired) electrons. The number of imidazole rings is 1. The van der Waals surface area contributed by atoms with Crippen molar-refractivity contribution in [2.75, 3.05) is 13.2 Å². The fraction of sp³-hybridized carbons (Fsp3) is 0.500. The Labute approximate surface area is 129 Å². The Balaban J connectivity index is 2.00. The zero-order chi connectivity index (χ0) is 15.9. The van der Waals surface area contributed by atoms with Gasteiger partial charge in [-0.25, -0.2) is 4.98 Å². The van der Waals surface area contributed by atoms with Gasteiger partial charge < -0.3 is 14.0 Å². The van der Waals surface area contributed by atoms with Crippen molar-refractivity contribution >= 4 is 22.6 Å². The average molecular weight is 335 g/mol. The minimum absolute atomic E-state index is 0.112. The van der Waals surface area contributed by atoms with Gasteiger partial charge in [0.05, 0.1) is 17.6 Å². The first-order valence-corrected chi connectivity index (χ1v) is 7.24. The van der Waals surface area contributed by atoms with Crippen LogP contribution >= 0.6 is 11.6 Å². The zero-order valence-corrected chi connectivity index (χ0v) is 12.5. The zero-order valence-electron chi connectivity index (χ0n) is 11.7. The van der Waals surface area contributed by atoms with Crippen LogP contribution in [0.1, 0.15) is 19.4 Å². The van der Waals surface area contributed by atoms with Crippen molar-refractivity contribution in [3.8, 4) is 5.75 Å². The number of benzene rings is 1. The van der Waals surface area contributed by atoms with Gasteiger partial charge in [-0.3, -0.25) is 0 Å².